The van der Waals surface area contributed by atoms with Crippen molar-refractivity contribution in [3.05, 3.63) is 70.3 Å². The summed E-state index contributed by atoms with van der Waals surface area (Å²) in [5, 5.41) is 3.32. The fraction of sp³-hybridized carbons (Fsp3) is 0.333. The Morgan fingerprint density at radius 2 is 1.83 bits per heavy atom. The summed E-state index contributed by atoms with van der Waals surface area (Å²) in [7, 11) is 1.59. The second-order valence-electron chi connectivity index (χ2n) is 5.65. The number of ether oxygens (including phenoxy) is 1. The second kappa shape index (κ2) is 6.34. The molecule has 0 amide bonds. The van der Waals surface area contributed by atoms with Crippen molar-refractivity contribution in [1.82, 2.24) is 5.32 Å². The predicted molar refractivity (Wildman–Crippen MR) is 82.1 cm³/mol. The molecule has 2 nitrogen and oxygen atoms in total. The zero-order chi connectivity index (χ0) is 16.4. The fourth-order valence-corrected chi connectivity index (χ4v) is 3.10. The molecule has 1 aliphatic heterocycles. The van der Waals surface area contributed by atoms with Crippen LogP contribution in [0.15, 0.2) is 42.5 Å². The van der Waals surface area contributed by atoms with Crippen LogP contribution >= 0.6 is 0 Å². The lowest BCUT2D eigenvalue weighted by atomic mass is 9.89. The molecule has 1 heterocycles. The van der Waals surface area contributed by atoms with E-state index in [1.165, 1.54) is 23.3 Å². The van der Waals surface area contributed by atoms with Crippen LogP contribution in [-0.2, 0) is 23.9 Å². The average Bonchev–Trinajstić information content (AvgIpc) is 2.55. The molecule has 23 heavy (non-hydrogen) atoms. The summed E-state index contributed by atoms with van der Waals surface area (Å²) >= 11 is 0. The van der Waals surface area contributed by atoms with Gasteiger partial charge in [-0.2, -0.15) is 13.2 Å². The van der Waals surface area contributed by atoms with E-state index in [0.29, 0.717) is 0 Å². The Balaban J connectivity index is 1.97. The van der Waals surface area contributed by atoms with Crippen molar-refractivity contribution < 1.29 is 17.9 Å². The number of fused-ring (bicyclic) bond motifs is 1. The largest absolute Gasteiger partial charge is 0.416 e. The summed E-state index contributed by atoms with van der Waals surface area (Å²) in [6.07, 6.45) is -3.78. The van der Waals surface area contributed by atoms with Gasteiger partial charge in [-0.05, 0) is 47.4 Å². The van der Waals surface area contributed by atoms with Gasteiger partial charge in [-0.1, -0.05) is 30.3 Å². The first kappa shape index (κ1) is 16.0. The van der Waals surface area contributed by atoms with Crippen LogP contribution < -0.4 is 5.32 Å². The first-order chi connectivity index (χ1) is 11.0. The zero-order valence-electron chi connectivity index (χ0n) is 12.8. The van der Waals surface area contributed by atoms with E-state index in [4.69, 9.17) is 4.74 Å². The molecule has 2 aromatic rings. The monoisotopic (exact) mass is 321 g/mol. The molecule has 3 rings (SSSR count). The molecule has 0 bridgehead atoms. The summed E-state index contributed by atoms with van der Waals surface area (Å²) in [6.45, 7) is 1.71. The maximum Gasteiger partial charge on any atom is 0.416 e. The van der Waals surface area contributed by atoms with Crippen molar-refractivity contribution in [2.24, 2.45) is 0 Å². The topological polar surface area (TPSA) is 21.3 Å². The van der Waals surface area contributed by atoms with Gasteiger partial charge in [0.2, 0.25) is 0 Å². The zero-order valence-corrected chi connectivity index (χ0v) is 12.8. The van der Waals surface area contributed by atoms with Gasteiger partial charge >= 0.3 is 6.18 Å². The molecule has 2 aromatic carbocycles. The highest BCUT2D eigenvalue weighted by molar-refractivity contribution is 5.42. The maximum atomic E-state index is 12.7. The highest BCUT2D eigenvalue weighted by Crippen LogP contribution is 2.34. The molecule has 0 fully saturated rings. The quantitative estimate of drug-likeness (QED) is 0.919. The van der Waals surface area contributed by atoms with Crippen LogP contribution in [-0.4, -0.2) is 13.7 Å². The predicted octanol–water partition coefficient (Wildman–Crippen LogP) is 4.09. The third kappa shape index (κ3) is 3.26. The average molecular weight is 321 g/mol. The molecule has 0 saturated heterocycles. The van der Waals surface area contributed by atoms with Crippen LogP contribution in [0.25, 0.3) is 0 Å². The normalized spacial score (nSPS) is 16.0. The molecule has 0 saturated carbocycles. The van der Waals surface area contributed by atoms with Gasteiger partial charge < -0.3 is 10.1 Å². The number of nitrogens with one attached hydrogen (secondary N) is 1. The SMILES string of the molecule is COC(c1ccc(C(F)(F)F)cc1)c1cccc2c1CCNC2. The molecule has 0 radical (unpaired) electrons. The van der Waals surface area contributed by atoms with Gasteiger partial charge in [-0.25, -0.2) is 0 Å². The minimum Gasteiger partial charge on any atom is -0.372 e. The van der Waals surface area contributed by atoms with Crippen molar-refractivity contribution >= 4 is 0 Å². The summed E-state index contributed by atoms with van der Waals surface area (Å²) in [5.74, 6) is 0. The van der Waals surface area contributed by atoms with Crippen molar-refractivity contribution in [3.8, 4) is 0 Å². The van der Waals surface area contributed by atoms with Crippen LogP contribution in [0.5, 0.6) is 0 Å². The molecule has 1 aliphatic rings. The Kier molecular flexibility index (Phi) is 4.41. The Morgan fingerprint density at radius 1 is 1.09 bits per heavy atom. The van der Waals surface area contributed by atoms with Crippen molar-refractivity contribution in [3.63, 3.8) is 0 Å². The van der Waals surface area contributed by atoms with Gasteiger partial charge in [-0.15, -0.1) is 0 Å². The van der Waals surface area contributed by atoms with Gasteiger partial charge in [-0.3, -0.25) is 0 Å². The molecule has 122 valence electrons. The summed E-state index contributed by atoms with van der Waals surface area (Å²) in [6, 6.07) is 11.3. The Morgan fingerprint density at radius 3 is 2.48 bits per heavy atom. The van der Waals surface area contributed by atoms with E-state index in [1.807, 2.05) is 12.1 Å². The smallest absolute Gasteiger partial charge is 0.372 e. The lowest BCUT2D eigenvalue weighted by Gasteiger charge is -2.25. The molecule has 0 spiro atoms. The molecule has 1 unspecified atom stereocenters. The van der Waals surface area contributed by atoms with Crippen LogP contribution in [0.2, 0.25) is 0 Å². The highest BCUT2D eigenvalue weighted by atomic mass is 19.4. The van der Waals surface area contributed by atoms with Crippen LogP contribution in [0, 0.1) is 0 Å². The van der Waals surface area contributed by atoms with Crippen molar-refractivity contribution in [2.45, 2.75) is 25.2 Å². The molecule has 1 N–H and O–H groups in total. The molecule has 0 aromatic heterocycles. The molecule has 5 heteroatoms. The van der Waals surface area contributed by atoms with E-state index >= 15 is 0 Å². The van der Waals surface area contributed by atoms with Gasteiger partial charge in [0, 0.05) is 13.7 Å². The second-order valence-corrected chi connectivity index (χ2v) is 5.65. The molecular formula is C18H18F3NO. The van der Waals surface area contributed by atoms with Gasteiger partial charge in [0.1, 0.15) is 6.10 Å². The summed E-state index contributed by atoms with van der Waals surface area (Å²) in [4.78, 5) is 0. The number of alkyl halides is 3. The van der Waals surface area contributed by atoms with E-state index in [9.17, 15) is 13.2 Å². The van der Waals surface area contributed by atoms with Gasteiger partial charge in [0.25, 0.3) is 0 Å². The van der Waals surface area contributed by atoms with Crippen LogP contribution in [0.4, 0.5) is 13.2 Å². The third-order valence-corrected chi connectivity index (χ3v) is 4.24. The molecular weight excluding hydrogens is 303 g/mol. The number of halogens is 3. The van der Waals surface area contributed by atoms with E-state index in [-0.39, 0.29) is 6.10 Å². The first-order valence-corrected chi connectivity index (χ1v) is 7.52. The first-order valence-electron chi connectivity index (χ1n) is 7.52. The molecule has 1 atom stereocenters. The van der Waals surface area contributed by atoms with Crippen LogP contribution in [0.3, 0.4) is 0 Å². The number of rotatable bonds is 3. The van der Waals surface area contributed by atoms with E-state index < -0.39 is 11.7 Å². The number of hydrogen-bond acceptors (Lipinski definition) is 2. The fourth-order valence-electron chi connectivity index (χ4n) is 3.10. The van der Waals surface area contributed by atoms with Crippen LogP contribution in [0.1, 0.15) is 33.9 Å². The Bertz CT molecular complexity index is 680. The Labute approximate surface area is 133 Å². The standard InChI is InChI=1S/C18H18F3NO/c1-23-17(12-5-7-14(8-6-12)18(19,20)21)16-4-2-3-13-11-22-10-9-15(13)16/h2-8,17,22H,9-11H2,1H3. The number of methoxy groups -OCH3 is 1. The van der Waals surface area contributed by atoms with Gasteiger partial charge in [0.05, 0.1) is 5.56 Å². The third-order valence-electron chi connectivity index (χ3n) is 4.24. The minimum atomic E-state index is -4.32. The number of hydrogen-bond donors (Lipinski definition) is 1. The maximum absolute atomic E-state index is 12.7. The van der Waals surface area contributed by atoms with Crippen molar-refractivity contribution in [1.29, 1.82) is 0 Å². The lowest BCUT2D eigenvalue weighted by molar-refractivity contribution is -0.137. The van der Waals surface area contributed by atoms with E-state index in [1.54, 1.807) is 7.11 Å². The lowest BCUT2D eigenvalue weighted by Crippen LogP contribution is -2.25. The van der Waals surface area contributed by atoms with E-state index in [2.05, 4.69) is 11.4 Å². The highest BCUT2D eigenvalue weighted by Gasteiger charge is 2.30. The summed E-state index contributed by atoms with van der Waals surface area (Å²) < 4.78 is 43.7. The minimum absolute atomic E-state index is 0.356. The summed E-state index contributed by atoms with van der Waals surface area (Å²) in [5.41, 5.74) is 3.58. The number of benzene rings is 2. The Hall–Kier alpha value is -1.85. The molecule has 0 aliphatic carbocycles. The van der Waals surface area contributed by atoms with E-state index in [0.717, 1.165) is 42.8 Å². The van der Waals surface area contributed by atoms with Gasteiger partial charge in [0.15, 0.2) is 0 Å². The van der Waals surface area contributed by atoms with Crippen molar-refractivity contribution in [2.75, 3.05) is 13.7 Å².